The van der Waals surface area contributed by atoms with Crippen LogP contribution in [0.5, 0.6) is 0 Å². The topological polar surface area (TPSA) is 61.8 Å². The highest BCUT2D eigenvalue weighted by atomic mass is 16.3. The fourth-order valence-corrected chi connectivity index (χ4v) is 1.13. The average Bonchev–Trinajstić information content (AvgIpc) is 2.16. The normalized spacial score (nSPS) is 10.1. The van der Waals surface area contributed by atoms with Gasteiger partial charge in [0.25, 0.3) is 0 Å². The van der Waals surface area contributed by atoms with E-state index in [0.29, 0.717) is 17.9 Å². The Morgan fingerprint density at radius 2 is 2.20 bits per heavy atom. The number of nitrogens with one attached hydrogen (secondary N) is 1. The minimum atomic E-state index is -0.122. The van der Waals surface area contributed by atoms with Crippen molar-refractivity contribution < 1.29 is 4.79 Å². The Kier molecular flexibility index (Phi) is 3.93. The number of amides is 1. The number of anilines is 1. The van der Waals surface area contributed by atoms with Crippen molar-refractivity contribution in [1.82, 2.24) is 4.90 Å². The van der Waals surface area contributed by atoms with Crippen LogP contribution in [0.3, 0.4) is 0 Å². The lowest BCUT2D eigenvalue weighted by atomic mass is 10.3. The quantitative estimate of drug-likeness (QED) is 0.762. The second-order valence-electron chi connectivity index (χ2n) is 3.43. The molecule has 0 aromatic heterocycles. The molecule has 0 saturated carbocycles. The van der Waals surface area contributed by atoms with Gasteiger partial charge in [0.05, 0.1) is 6.54 Å². The lowest BCUT2D eigenvalue weighted by Gasteiger charge is -2.09. The highest BCUT2D eigenvalue weighted by Gasteiger charge is 2.03. The van der Waals surface area contributed by atoms with E-state index in [-0.39, 0.29) is 5.91 Å². The lowest BCUT2D eigenvalue weighted by Crippen LogP contribution is -2.26. The molecule has 0 bridgehead atoms. The predicted octanol–water partition coefficient (Wildman–Crippen LogP) is 1.58. The smallest absolute Gasteiger partial charge is 0.238 e. The molecule has 0 heterocycles. The first kappa shape index (κ1) is 11.3. The molecule has 80 valence electrons. The number of benzene rings is 1. The summed E-state index contributed by atoms with van der Waals surface area (Å²) in [4.78, 5) is 23.4. The first-order chi connectivity index (χ1) is 7.11. The van der Waals surface area contributed by atoms with Crippen LogP contribution in [0.2, 0.25) is 0 Å². The Labute approximate surface area is 88.1 Å². The lowest BCUT2D eigenvalue weighted by molar-refractivity contribution is -0.116. The monoisotopic (exact) mass is 207 g/mol. The number of carbonyl (C=O) groups excluding carboxylic acids is 1. The van der Waals surface area contributed by atoms with Crippen molar-refractivity contribution in [2.24, 2.45) is 5.18 Å². The summed E-state index contributed by atoms with van der Waals surface area (Å²) in [7, 11) is 3.62. The SMILES string of the molecule is CN(C)CC(=O)Nc1cccc(N=O)c1. The van der Waals surface area contributed by atoms with Gasteiger partial charge < -0.3 is 10.2 Å². The van der Waals surface area contributed by atoms with Crippen molar-refractivity contribution in [2.75, 3.05) is 26.0 Å². The van der Waals surface area contributed by atoms with Gasteiger partial charge in [-0.2, -0.15) is 0 Å². The van der Waals surface area contributed by atoms with Gasteiger partial charge in [-0.15, -0.1) is 4.91 Å². The Morgan fingerprint density at radius 1 is 1.47 bits per heavy atom. The van der Waals surface area contributed by atoms with Crippen molar-refractivity contribution in [3.8, 4) is 0 Å². The average molecular weight is 207 g/mol. The molecule has 0 radical (unpaired) electrons. The van der Waals surface area contributed by atoms with E-state index in [0.717, 1.165) is 0 Å². The minimum absolute atomic E-state index is 0.122. The molecule has 0 aliphatic rings. The number of carbonyl (C=O) groups is 1. The predicted molar refractivity (Wildman–Crippen MR) is 59.1 cm³/mol. The molecule has 0 aliphatic heterocycles. The molecular formula is C10H13N3O2. The van der Waals surface area contributed by atoms with E-state index in [1.54, 1.807) is 23.1 Å². The second kappa shape index (κ2) is 5.21. The summed E-state index contributed by atoms with van der Waals surface area (Å²) in [5.74, 6) is -0.122. The zero-order valence-corrected chi connectivity index (χ0v) is 8.73. The van der Waals surface area contributed by atoms with E-state index in [4.69, 9.17) is 0 Å². The van der Waals surface area contributed by atoms with Crippen LogP contribution in [0.15, 0.2) is 29.4 Å². The van der Waals surface area contributed by atoms with Gasteiger partial charge in [0.15, 0.2) is 0 Å². The summed E-state index contributed by atoms with van der Waals surface area (Å²) >= 11 is 0. The standard InChI is InChI=1S/C10H13N3O2/c1-13(2)7-10(14)11-8-4-3-5-9(6-8)12-15/h3-6H,7H2,1-2H3,(H,11,14). The summed E-state index contributed by atoms with van der Waals surface area (Å²) in [6, 6.07) is 6.49. The molecule has 1 amide bonds. The number of hydrogen-bond donors (Lipinski definition) is 1. The summed E-state index contributed by atoms with van der Waals surface area (Å²) < 4.78 is 0. The Balaban J connectivity index is 2.64. The van der Waals surface area contributed by atoms with Gasteiger partial charge in [0.1, 0.15) is 5.69 Å². The largest absolute Gasteiger partial charge is 0.325 e. The maximum absolute atomic E-state index is 11.4. The molecule has 1 aromatic carbocycles. The van der Waals surface area contributed by atoms with E-state index < -0.39 is 0 Å². The first-order valence-corrected chi connectivity index (χ1v) is 4.50. The van der Waals surface area contributed by atoms with Gasteiger partial charge in [-0.1, -0.05) is 6.07 Å². The molecule has 1 aromatic rings. The fourth-order valence-electron chi connectivity index (χ4n) is 1.13. The van der Waals surface area contributed by atoms with Crippen molar-refractivity contribution in [2.45, 2.75) is 0 Å². The summed E-state index contributed by atoms with van der Waals surface area (Å²) in [5.41, 5.74) is 0.886. The highest BCUT2D eigenvalue weighted by molar-refractivity contribution is 5.92. The van der Waals surface area contributed by atoms with E-state index in [9.17, 15) is 9.70 Å². The molecule has 0 unspecified atom stereocenters. The molecule has 0 atom stereocenters. The van der Waals surface area contributed by atoms with Crippen LogP contribution in [0.1, 0.15) is 0 Å². The number of hydrogen-bond acceptors (Lipinski definition) is 4. The number of nitroso groups, excluding NO2 is 1. The minimum Gasteiger partial charge on any atom is -0.325 e. The van der Waals surface area contributed by atoms with Crippen LogP contribution in [0.25, 0.3) is 0 Å². The molecule has 1 N–H and O–H groups in total. The zero-order chi connectivity index (χ0) is 11.3. The van der Waals surface area contributed by atoms with Crippen LogP contribution in [0, 0.1) is 4.91 Å². The maximum atomic E-state index is 11.4. The third kappa shape index (κ3) is 3.86. The van der Waals surface area contributed by atoms with Crippen LogP contribution < -0.4 is 5.32 Å². The van der Waals surface area contributed by atoms with Crippen molar-refractivity contribution in [3.05, 3.63) is 29.2 Å². The fraction of sp³-hybridized carbons (Fsp3) is 0.300. The van der Waals surface area contributed by atoms with E-state index in [1.165, 1.54) is 6.07 Å². The van der Waals surface area contributed by atoms with Crippen molar-refractivity contribution >= 4 is 17.3 Å². The van der Waals surface area contributed by atoms with Crippen molar-refractivity contribution in [1.29, 1.82) is 0 Å². The van der Waals surface area contributed by atoms with Gasteiger partial charge in [-0.3, -0.25) is 4.79 Å². The molecule has 1 rings (SSSR count). The number of rotatable bonds is 4. The maximum Gasteiger partial charge on any atom is 0.238 e. The van der Waals surface area contributed by atoms with Gasteiger partial charge in [-0.25, -0.2) is 0 Å². The van der Waals surface area contributed by atoms with E-state index in [1.807, 2.05) is 14.1 Å². The zero-order valence-electron chi connectivity index (χ0n) is 8.73. The van der Waals surface area contributed by atoms with Gasteiger partial charge >= 0.3 is 0 Å². The number of nitrogens with zero attached hydrogens (tertiary/aromatic N) is 2. The van der Waals surface area contributed by atoms with Crippen LogP contribution in [-0.4, -0.2) is 31.4 Å². The molecule has 0 saturated heterocycles. The third-order valence-electron chi connectivity index (χ3n) is 1.70. The summed E-state index contributed by atoms with van der Waals surface area (Å²) in [6.45, 7) is 0.304. The highest BCUT2D eigenvalue weighted by Crippen LogP contribution is 2.17. The molecule has 5 heteroatoms. The van der Waals surface area contributed by atoms with Crippen LogP contribution in [-0.2, 0) is 4.79 Å². The van der Waals surface area contributed by atoms with Crippen LogP contribution >= 0.6 is 0 Å². The van der Waals surface area contributed by atoms with Gasteiger partial charge in [0, 0.05) is 5.69 Å². The van der Waals surface area contributed by atoms with Crippen molar-refractivity contribution in [3.63, 3.8) is 0 Å². The Hall–Kier alpha value is -1.75. The Morgan fingerprint density at radius 3 is 2.80 bits per heavy atom. The summed E-state index contributed by atoms with van der Waals surface area (Å²) in [6.07, 6.45) is 0. The molecule has 0 aliphatic carbocycles. The molecule has 5 nitrogen and oxygen atoms in total. The molecular weight excluding hydrogens is 194 g/mol. The molecule has 0 fully saturated rings. The Bertz CT molecular complexity index is 363. The molecule has 15 heavy (non-hydrogen) atoms. The molecule has 0 spiro atoms. The van der Waals surface area contributed by atoms with E-state index >= 15 is 0 Å². The van der Waals surface area contributed by atoms with Gasteiger partial charge in [0.2, 0.25) is 5.91 Å². The second-order valence-corrected chi connectivity index (χ2v) is 3.43. The van der Waals surface area contributed by atoms with Gasteiger partial charge in [-0.05, 0) is 37.5 Å². The number of likely N-dealkylation sites (N-methyl/N-ethyl adjacent to an activating group) is 1. The van der Waals surface area contributed by atoms with E-state index in [2.05, 4.69) is 10.5 Å². The van der Waals surface area contributed by atoms with Crippen LogP contribution in [0.4, 0.5) is 11.4 Å². The third-order valence-corrected chi connectivity index (χ3v) is 1.70. The summed E-state index contributed by atoms with van der Waals surface area (Å²) in [5, 5.41) is 5.46. The first-order valence-electron chi connectivity index (χ1n) is 4.50.